The summed E-state index contributed by atoms with van der Waals surface area (Å²) in [5.74, 6) is 0.886. The lowest BCUT2D eigenvalue weighted by atomic mass is 10.2. The number of amides is 1. The molecule has 0 bridgehead atoms. The van der Waals surface area contributed by atoms with Gasteiger partial charge in [0.25, 0.3) is 5.82 Å². The van der Waals surface area contributed by atoms with Crippen LogP contribution in [0.15, 0.2) is 30.6 Å². The van der Waals surface area contributed by atoms with Crippen LogP contribution in [-0.4, -0.2) is 58.9 Å². The second-order valence-corrected chi connectivity index (χ2v) is 5.42. The number of methoxy groups -OCH3 is 1. The highest BCUT2D eigenvalue weighted by atomic mass is 16.5. The van der Waals surface area contributed by atoms with Crippen molar-refractivity contribution in [3.05, 3.63) is 36.4 Å². The molecule has 0 unspecified atom stereocenters. The molecule has 1 aromatic heterocycles. The summed E-state index contributed by atoms with van der Waals surface area (Å²) < 4.78 is 6.79. The predicted octanol–water partition coefficient (Wildman–Crippen LogP) is 0.507. The van der Waals surface area contributed by atoms with Gasteiger partial charge in [0.05, 0.1) is 12.8 Å². The van der Waals surface area contributed by atoms with Gasteiger partial charge in [0.2, 0.25) is 5.91 Å². The molecule has 1 aliphatic heterocycles. The first-order valence-electron chi connectivity index (χ1n) is 7.66. The molecule has 0 saturated carbocycles. The van der Waals surface area contributed by atoms with Gasteiger partial charge in [0, 0.05) is 26.2 Å². The molecule has 124 valence electrons. The fourth-order valence-electron chi connectivity index (χ4n) is 2.75. The Hall–Kier alpha value is -3.08. The van der Waals surface area contributed by atoms with Crippen LogP contribution in [0.1, 0.15) is 5.82 Å². The number of carbonyl (C=O) groups excluding carboxylic acids is 1. The summed E-state index contributed by atoms with van der Waals surface area (Å²) in [5.41, 5.74) is 1.04. The molecule has 1 aliphatic rings. The van der Waals surface area contributed by atoms with E-state index in [4.69, 9.17) is 10.00 Å². The van der Waals surface area contributed by atoms with E-state index in [-0.39, 0.29) is 18.3 Å². The zero-order chi connectivity index (χ0) is 16.9. The maximum absolute atomic E-state index is 12.3. The van der Waals surface area contributed by atoms with Crippen molar-refractivity contribution in [2.24, 2.45) is 0 Å². The third-order valence-corrected chi connectivity index (χ3v) is 3.99. The van der Waals surface area contributed by atoms with Crippen molar-refractivity contribution in [2.75, 3.05) is 38.2 Å². The molecule has 2 aromatic rings. The fraction of sp³-hybridized carbons (Fsp3) is 0.375. The van der Waals surface area contributed by atoms with E-state index in [2.05, 4.69) is 15.0 Å². The lowest BCUT2D eigenvalue weighted by Gasteiger charge is -2.36. The standard InChI is InChI=1S/C16H18N6O2/c1-24-14-5-3-2-4-13(14)20-6-8-21(9-7-20)16(23)11-22-12-18-15(10-17)19-22/h2-5,12H,6-9,11H2,1H3. The van der Waals surface area contributed by atoms with E-state index in [0.717, 1.165) is 24.5 Å². The fourth-order valence-corrected chi connectivity index (χ4v) is 2.75. The summed E-state index contributed by atoms with van der Waals surface area (Å²) in [5, 5.41) is 12.6. The number of nitrogens with zero attached hydrogens (tertiary/aromatic N) is 6. The maximum atomic E-state index is 12.3. The van der Waals surface area contributed by atoms with Crippen molar-refractivity contribution >= 4 is 11.6 Å². The van der Waals surface area contributed by atoms with Gasteiger partial charge >= 0.3 is 0 Å². The normalized spacial score (nSPS) is 14.3. The Bertz CT molecular complexity index is 758. The van der Waals surface area contributed by atoms with Gasteiger partial charge in [-0.25, -0.2) is 9.67 Å². The van der Waals surface area contributed by atoms with E-state index in [0.29, 0.717) is 13.1 Å². The van der Waals surface area contributed by atoms with Crippen LogP contribution in [-0.2, 0) is 11.3 Å². The number of para-hydroxylation sites is 2. The third-order valence-electron chi connectivity index (χ3n) is 3.99. The van der Waals surface area contributed by atoms with E-state index in [9.17, 15) is 4.79 Å². The van der Waals surface area contributed by atoms with Gasteiger partial charge in [0.1, 0.15) is 24.7 Å². The zero-order valence-electron chi connectivity index (χ0n) is 13.4. The van der Waals surface area contributed by atoms with Gasteiger partial charge in [-0.15, -0.1) is 5.10 Å². The first-order valence-corrected chi connectivity index (χ1v) is 7.66. The Morgan fingerprint density at radius 2 is 2.04 bits per heavy atom. The van der Waals surface area contributed by atoms with Crippen LogP contribution < -0.4 is 9.64 Å². The molecule has 0 spiro atoms. The number of hydrogen-bond acceptors (Lipinski definition) is 6. The molecule has 8 heteroatoms. The second kappa shape index (κ2) is 7.00. The number of benzene rings is 1. The highest BCUT2D eigenvalue weighted by molar-refractivity contribution is 5.76. The second-order valence-electron chi connectivity index (χ2n) is 5.42. The van der Waals surface area contributed by atoms with Crippen LogP contribution in [0.3, 0.4) is 0 Å². The lowest BCUT2D eigenvalue weighted by molar-refractivity contribution is -0.132. The summed E-state index contributed by atoms with van der Waals surface area (Å²) in [6, 6.07) is 9.73. The molecular formula is C16H18N6O2. The minimum absolute atomic E-state index is 0.0240. The molecule has 8 nitrogen and oxygen atoms in total. The molecule has 3 rings (SSSR count). The van der Waals surface area contributed by atoms with Crippen molar-refractivity contribution in [1.82, 2.24) is 19.7 Å². The van der Waals surface area contributed by atoms with Crippen molar-refractivity contribution in [3.63, 3.8) is 0 Å². The summed E-state index contributed by atoms with van der Waals surface area (Å²) in [4.78, 5) is 20.2. The van der Waals surface area contributed by atoms with Gasteiger partial charge in [-0.2, -0.15) is 5.26 Å². The Morgan fingerprint density at radius 1 is 1.29 bits per heavy atom. The lowest BCUT2D eigenvalue weighted by Crippen LogP contribution is -2.49. The highest BCUT2D eigenvalue weighted by Gasteiger charge is 2.23. The summed E-state index contributed by atoms with van der Waals surface area (Å²) in [6.45, 7) is 2.86. The Labute approximate surface area is 139 Å². The number of piperazine rings is 1. The first kappa shape index (κ1) is 15.8. The summed E-state index contributed by atoms with van der Waals surface area (Å²) in [7, 11) is 1.66. The minimum atomic E-state index is -0.0240. The third kappa shape index (κ3) is 3.30. The number of nitriles is 1. The van der Waals surface area contributed by atoms with E-state index in [1.54, 1.807) is 12.0 Å². The van der Waals surface area contributed by atoms with Crippen LogP contribution >= 0.6 is 0 Å². The molecule has 0 aliphatic carbocycles. The van der Waals surface area contributed by atoms with Gasteiger partial charge in [0.15, 0.2) is 0 Å². The molecule has 1 saturated heterocycles. The van der Waals surface area contributed by atoms with Crippen LogP contribution in [0.2, 0.25) is 0 Å². The molecule has 2 heterocycles. The van der Waals surface area contributed by atoms with Crippen LogP contribution in [0.5, 0.6) is 5.75 Å². The number of ether oxygens (including phenoxy) is 1. The Morgan fingerprint density at radius 3 is 2.71 bits per heavy atom. The van der Waals surface area contributed by atoms with Crippen molar-refractivity contribution in [2.45, 2.75) is 6.54 Å². The molecule has 0 atom stereocenters. The number of rotatable bonds is 4. The van der Waals surface area contributed by atoms with E-state index in [1.165, 1.54) is 11.0 Å². The molecule has 0 N–H and O–H groups in total. The van der Waals surface area contributed by atoms with E-state index < -0.39 is 0 Å². The van der Waals surface area contributed by atoms with Crippen molar-refractivity contribution in [3.8, 4) is 11.8 Å². The van der Waals surface area contributed by atoms with E-state index >= 15 is 0 Å². The number of anilines is 1. The average Bonchev–Trinajstić information content (AvgIpc) is 3.09. The van der Waals surface area contributed by atoms with Crippen LogP contribution in [0.25, 0.3) is 0 Å². The quantitative estimate of drug-likeness (QED) is 0.813. The molecule has 0 radical (unpaired) electrons. The molecular weight excluding hydrogens is 308 g/mol. The molecule has 1 amide bonds. The monoisotopic (exact) mass is 326 g/mol. The molecule has 1 fully saturated rings. The SMILES string of the molecule is COc1ccccc1N1CCN(C(=O)Cn2cnc(C#N)n2)CC1. The number of aromatic nitrogens is 3. The summed E-state index contributed by atoms with van der Waals surface area (Å²) >= 11 is 0. The zero-order valence-corrected chi connectivity index (χ0v) is 13.4. The minimum Gasteiger partial charge on any atom is -0.495 e. The van der Waals surface area contributed by atoms with Crippen molar-refractivity contribution < 1.29 is 9.53 Å². The topological polar surface area (TPSA) is 87.3 Å². The first-order chi connectivity index (χ1) is 11.7. The number of carbonyl (C=O) groups is 1. The average molecular weight is 326 g/mol. The van der Waals surface area contributed by atoms with Gasteiger partial charge in [-0.1, -0.05) is 12.1 Å². The number of hydrogen-bond donors (Lipinski definition) is 0. The molecule has 1 aromatic carbocycles. The van der Waals surface area contributed by atoms with E-state index in [1.807, 2.05) is 30.3 Å². The molecule has 24 heavy (non-hydrogen) atoms. The Balaban J connectivity index is 1.58. The van der Waals surface area contributed by atoms with Crippen LogP contribution in [0.4, 0.5) is 5.69 Å². The van der Waals surface area contributed by atoms with Gasteiger partial charge in [-0.05, 0) is 12.1 Å². The van der Waals surface area contributed by atoms with Crippen molar-refractivity contribution in [1.29, 1.82) is 5.26 Å². The largest absolute Gasteiger partial charge is 0.495 e. The van der Waals surface area contributed by atoms with Gasteiger partial charge < -0.3 is 14.5 Å². The Kier molecular flexibility index (Phi) is 4.61. The highest BCUT2D eigenvalue weighted by Crippen LogP contribution is 2.28. The predicted molar refractivity (Wildman–Crippen MR) is 86.5 cm³/mol. The van der Waals surface area contributed by atoms with Gasteiger partial charge in [-0.3, -0.25) is 4.79 Å². The summed E-state index contributed by atoms with van der Waals surface area (Å²) in [6.07, 6.45) is 1.40. The smallest absolute Gasteiger partial charge is 0.252 e. The maximum Gasteiger partial charge on any atom is 0.252 e. The van der Waals surface area contributed by atoms with Crippen LogP contribution in [0, 0.1) is 11.3 Å².